The van der Waals surface area contributed by atoms with Crippen molar-refractivity contribution in [3.63, 3.8) is 0 Å². The van der Waals surface area contributed by atoms with Crippen LogP contribution in [0.5, 0.6) is 0 Å². The molecule has 4 rings (SSSR count). The number of rotatable bonds is 2. The lowest BCUT2D eigenvalue weighted by atomic mass is 9.88. The molecule has 1 heterocycles. The van der Waals surface area contributed by atoms with Crippen LogP contribution >= 0.6 is 11.8 Å². The van der Waals surface area contributed by atoms with Crippen molar-refractivity contribution in [3.8, 4) is 11.3 Å². The van der Waals surface area contributed by atoms with Gasteiger partial charge in [-0.2, -0.15) is 0 Å². The second-order valence-electron chi connectivity index (χ2n) is 6.02. The van der Waals surface area contributed by atoms with Gasteiger partial charge in [-0.15, -0.1) is 11.8 Å². The Labute approximate surface area is 134 Å². The van der Waals surface area contributed by atoms with Crippen LogP contribution in [0.1, 0.15) is 59.8 Å². The Hall–Kier alpha value is -1.68. The van der Waals surface area contributed by atoms with Crippen LogP contribution in [-0.2, 0) is 0 Å². The van der Waals surface area contributed by atoms with E-state index in [9.17, 15) is 4.79 Å². The molecule has 4 heteroatoms. The van der Waals surface area contributed by atoms with Crippen LogP contribution in [0.25, 0.3) is 11.3 Å². The molecule has 0 spiro atoms. The molecule has 3 nitrogen and oxygen atoms in total. The van der Waals surface area contributed by atoms with Crippen LogP contribution in [-0.4, -0.2) is 22.0 Å². The van der Waals surface area contributed by atoms with E-state index in [4.69, 9.17) is 9.97 Å². The Bertz CT molecular complexity index is 751. The molecule has 112 valence electrons. The Morgan fingerprint density at radius 1 is 1.05 bits per heavy atom. The van der Waals surface area contributed by atoms with Crippen LogP contribution in [0.2, 0.25) is 0 Å². The highest BCUT2D eigenvalue weighted by atomic mass is 32.2. The molecule has 2 aliphatic rings. The van der Waals surface area contributed by atoms with Gasteiger partial charge in [-0.3, -0.25) is 4.79 Å². The van der Waals surface area contributed by atoms with Crippen LogP contribution in [0, 0.1) is 0 Å². The summed E-state index contributed by atoms with van der Waals surface area (Å²) in [5.41, 5.74) is 3.29. The van der Waals surface area contributed by atoms with Crippen molar-refractivity contribution < 1.29 is 4.79 Å². The lowest BCUT2D eigenvalue weighted by molar-refractivity contribution is 0.104. The number of hydrogen-bond donors (Lipinski definition) is 0. The van der Waals surface area contributed by atoms with Gasteiger partial charge in [0, 0.05) is 17.0 Å². The average molecular weight is 310 g/mol. The maximum absolute atomic E-state index is 12.7. The number of ketones is 1. The van der Waals surface area contributed by atoms with Gasteiger partial charge in [0.25, 0.3) is 0 Å². The Balaban J connectivity index is 1.88. The minimum Gasteiger partial charge on any atom is -0.288 e. The normalized spacial score (nSPS) is 17.4. The Kier molecular flexibility index (Phi) is 3.49. The molecule has 2 aliphatic carbocycles. The molecule has 1 saturated carbocycles. The van der Waals surface area contributed by atoms with E-state index in [0.717, 1.165) is 27.7 Å². The van der Waals surface area contributed by atoms with Gasteiger partial charge in [0.05, 0.1) is 11.3 Å². The quantitative estimate of drug-likeness (QED) is 0.518. The zero-order chi connectivity index (χ0) is 15.1. The molecule has 1 aromatic carbocycles. The second kappa shape index (κ2) is 5.51. The number of benzene rings is 1. The summed E-state index contributed by atoms with van der Waals surface area (Å²) < 4.78 is 0. The summed E-state index contributed by atoms with van der Waals surface area (Å²) in [6.45, 7) is 0. The van der Waals surface area contributed by atoms with Gasteiger partial charge in [0.15, 0.2) is 5.78 Å². The van der Waals surface area contributed by atoms with E-state index in [-0.39, 0.29) is 5.78 Å². The van der Waals surface area contributed by atoms with E-state index >= 15 is 0 Å². The number of fused-ring (bicyclic) bond motifs is 3. The summed E-state index contributed by atoms with van der Waals surface area (Å²) in [5.74, 6) is 1.46. The van der Waals surface area contributed by atoms with Crippen molar-refractivity contribution in [3.05, 3.63) is 41.2 Å². The first-order chi connectivity index (χ1) is 10.8. The Morgan fingerprint density at radius 2 is 1.77 bits per heavy atom. The number of carbonyl (C=O) groups is 1. The number of hydrogen-bond acceptors (Lipinski definition) is 4. The van der Waals surface area contributed by atoms with E-state index < -0.39 is 0 Å². The molecule has 0 amide bonds. The van der Waals surface area contributed by atoms with Crippen molar-refractivity contribution in [2.75, 3.05) is 6.26 Å². The van der Waals surface area contributed by atoms with Crippen molar-refractivity contribution in [1.29, 1.82) is 0 Å². The number of carbonyl (C=O) groups excluding carboxylic acids is 1. The minimum atomic E-state index is 0.0742. The van der Waals surface area contributed by atoms with Crippen molar-refractivity contribution in [1.82, 2.24) is 9.97 Å². The van der Waals surface area contributed by atoms with Gasteiger partial charge in [0.1, 0.15) is 10.9 Å². The summed E-state index contributed by atoms with van der Waals surface area (Å²) >= 11 is 1.55. The molecule has 0 radical (unpaired) electrons. The van der Waals surface area contributed by atoms with Crippen LogP contribution in [0.3, 0.4) is 0 Å². The molecule has 0 bridgehead atoms. The Morgan fingerprint density at radius 3 is 2.50 bits per heavy atom. The fourth-order valence-electron chi connectivity index (χ4n) is 3.57. The SMILES string of the molecule is CSc1nc(C2CCCCC2)nc2c1C(=O)c1ccccc1-2. The maximum Gasteiger partial charge on any atom is 0.198 e. The minimum absolute atomic E-state index is 0.0742. The summed E-state index contributed by atoms with van der Waals surface area (Å²) in [6.07, 6.45) is 8.16. The third kappa shape index (κ3) is 2.09. The maximum atomic E-state index is 12.7. The summed E-state index contributed by atoms with van der Waals surface area (Å²) in [5, 5.41) is 0.840. The highest BCUT2D eigenvalue weighted by Gasteiger charge is 2.33. The van der Waals surface area contributed by atoms with Crippen molar-refractivity contribution in [2.24, 2.45) is 0 Å². The van der Waals surface area contributed by atoms with E-state index in [0.29, 0.717) is 11.5 Å². The first-order valence-corrected chi connectivity index (χ1v) is 9.12. The monoisotopic (exact) mass is 310 g/mol. The summed E-state index contributed by atoms with van der Waals surface area (Å²) in [7, 11) is 0. The molecule has 0 saturated heterocycles. The lowest BCUT2D eigenvalue weighted by Gasteiger charge is -2.21. The third-order valence-corrected chi connectivity index (χ3v) is 5.39. The molecular weight excluding hydrogens is 292 g/mol. The van der Waals surface area contributed by atoms with E-state index in [2.05, 4.69) is 0 Å². The molecule has 0 atom stereocenters. The second-order valence-corrected chi connectivity index (χ2v) is 6.82. The van der Waals surface area contributed by atoms with Crippen molar-refractivity contribution in [2.45, 2.75) is 43.0 Å². The lowest BCUT2D eigenvalue weighted by Crippen LogP contribution is -2.11. The molecule has 0 aliphatic heterocycles. The topological polar surface area (TPSA) is 42.9 Å². The molecule has 0 unspecified atom stereocenters. The fraction of sp³-hybridized carbons (Fsp3) is 0.389. The number of aromatic nitrogens is 2. The predicted octanol–water partition coefficient (Wildman–Crippen LogP) is 4.46. The largest absolute Gasteiger partial charge is 0.288 e. The van der Waals surface area contributed by atoms with Crippen LogP contribution in [0.15, 0.2) is 29.3 Å². The fourth-order valence-corrected chi connectivity index (χ4v) is 4.15. The molecule has 0 N–H and O–H groups in total. The summed E-state index contributed by atoms with van der Waals surface area (Å²) in [4.78, 5) is 22.2. The smallest absolute Gasteiger partial charge is 0.198 e. The van der Waals surface area contributed by atoms with Crippen molar-refractivity contribution >= 4 is 17.5 Å². The van der Waals surface area contributed by atoms with Crippen LogP contribution in [0.4, 0.5) is 0 Å². The molecule has 2 aromatic rings. The van der Waals surface area contributed by atoms with E-state index in [1.54, 1.807) is 11.8 Å². The van der Waals surface area contributed by atoms with Gasteiger partial charge in [0.2, 0.25) is 0 Å². The highest BCUT2D eigenvalue weighted by molar-refractivity contribution is 7.98. The first kappa shape index (κ1) is 13.9. The first-order valence-electron chi connectivity index (χ1n) is 7.89. The number of thioether (sulfide) groups is 1. The third-order valence-electron chi connectivity index (χ3n) is 4.71. The average Bonchev–Trinajstić information content (AvgIpc) is 2.88. The molecule has 22 heavy (non-hydrogen) atoms. The van der Waals surface area contributed by atoms with Gasteiger partial charge in [-0.25, -0.2) is 9.97 Å². The van der Waals surface area contributed by atoms with Gasteiger partial charge in [-0.1, -0.05) is 43.5 Å². The van der Waals surface area contributed by atoms with Gasteiger partial charge < -0.3 is 0 Å². The zero-order valence-corrected chi connectivity index (χ0v) is 13.4. The molecular formula is C18H18N2OS. The predicted molar refractivity (Wildman–Crippen MR) is 88.5 cm³/mol. The van der Waals surface area contributed by atoms with E-state index in [1.165, 1.54) is 32.1 Å². The number of nitrogens with zero attached hydrogens (tertiary/aromatic N) is 2. The zero-order valence-electron chi connectivity index (χ0n) is 12.6. The van der Waals surface area contributed by atoms with Gasteiger partial charge in [-0.05, 0) is 19.1 Å². The van der Waals surface area contributed by atoms with E-state index in [1.807, 2.05) is 30.5 Å². The molecule has 1 aromatic heterocycles. The molecule has 1 fully saturated rings. The standard InChI is InChI=1S/C18H18N2OS/c1-22-18-14-15(12-9-5-6-10-13(12)16(14)21)19-17(20-18)11-7-3-2-4-8-11/h5-6,9-11H,2-4,7-8H2,1H3. The summed E-state index contributed by atoms with van der Waals surface area (Å²) in [6, 6.07) is 7.78. The van der Waals surface area contributed by atoms with Gasteiger partial charge >= 0.3 is 0 Å². The van der Waals surface area contributed by atoms with Crippen LogP contribution < -0.4 is 0 Å². The highest BCUT2D eigenvalue weighted by Crippen LogP contribution is 2.41.